The first-order valence-corrected chi connectivity index (χ1v) is 11.3. The van der Waals surface area contributed by atoms with Gasteiger partial charge in [0.2, 0.25) is 11.8 Å². The second kappa shape index (κ2) is 11.1. The standard InChI is InChI=1S/C26H35N3O2/c1-20(2)16-25(30)29-19-23-13-8-7-12-22(23)17-24(29)26(31)27-14-9-15-28(3)18-21-10-5-4-6-11-21/h4-8,10-13,20,24H,9,14-19H2,1-3H3,(H,27,31). The van der Waals surface area contributed by atoms with E-state index in [0.29, 0.717) is 25.9 Å². The second-order valence-electron chi connectivity index (χ2n) is 8.98. The minimum atomic E-state index is -0.428. The Morgan fingerprint density at radius 2 is 1.74 bits per heavy atom. The van der Waals surface area contributed by atoms with Crippen molar-refractivity contribution in [2.45, 2.75) is 52.2 Å². The van der Waals surface area contributed by atoms with Crippen molar-refractivity contribution in [1.82, 2.24) is 15.1 Å². The fraction of sp³-hybridized carbons (Fsp3) is 0.462. The Morgan fingerprint density at radius 3 is 2.45 bits per heavy atom. The van der Waals surface area contributed by atoms with Gasteiger partial charge in [-0.05, 0) is 42.6 Å². The largest absolute Gasteiger partial charge is 0.354 e. The van der Waals surface area contributed by atoms with Crippen LogP contribution in [0.5, 0.6) is 0 Å². The third-order valence-corrected chi connectivity index (χ3v) is 5.77. The van der Waals surface area contributed by atoms with Crippen molar-refractivity contribution in [3.8, 4) is 0 Å². The summed E-state index contributed by atoms with van der Waals surface area (Å²) in [4.78, 5) is 29.9. The molecule has 0 spiro atoms. The molecule has 2 aromatic carbocycles. The van der Waals surface area contributed by atoms with Crippen LogP contribution in [0.15, 0.2) is 54.6 Å². The molecule has 5 nitrogen and oxygen atoms in total. The van der Waals surface area contributed by atoms with Gasteiger partial charge < -0.3 is 15.1 Å². The number of carbonyl (C=O) groups excluding carboxylic acids is 2. The van der Waals surface area contributed by atoms with Crippen molar-refractivity contribution < 1.29 is 9.59 Å². The molecule has 2 amide bonds. The molecule has 0 aliphatic carbocycles. The number of rotatable bonds is 9. The van der Waals surface area contributed by atoms with Crippen molar-refractivity contribution >= 4 is 11.8 Å². The van der Waals surface area contributed by atoms with E-state index in [0.717, 1.165) is 25.1 Å². The monoisotopic (exact) mass is 421 g/mol. The highest BCUT2D eigenvalue weighted by Gasteiger charge is 2.34. The Morgan fingerprint density at radius 1 is 1.06 bits per heavy atom. The highest BCUT2D eigenvalue weighted by atomic mass is 16.2. The van der Waals surface area contributed by atoms with E-state index in [1.807, 2.05) is 32.0 Å². The Labute approximate surface area is 186 Å². The zero-order valence-corrected chi connectivity index (χ0v) is 19.0. The number of nitrogens with zero attached hydrogens (tertiary/aromatic N) is 2. The van der Waals surface area contributed by atoms with Crippen molar-refractivity contribution in [2.75, 3.05) is 20.1 Å². The van der Waals surface area contributed by atoms with Gasteiger partial charge in [-0.1, -0.05) is 68.4 Å². The van der Waals surface area contributed by atoms with E-state index >= 15 is 0 Å². The fourth-order valence-corrected chi connectivity index (χ4v) is 4.14. The van der Waals surface area contributed by atoms with Crippen LogP contribution in [0.1, 0.15) is 43.4 Å². The lowest BCUT2D eigenvalue weighted by atomic mass is 9.92. The van der Waals surface area contributed by atoms with Crippen LogP contribution < -0.4 is 5.32 Å². The molecule has 0 saturated carbocycles. The number of fused-ring (bicyclic) bond motifs is 1. The Balaban J connectivity index is 1.53. The summed E-state index contributed by atoms with van der Waals surface area (Å²) < 4.78 is 0. The van der Waals surface area contributed by atoms with Gasteiger partial charge in [-0.2, -0.15) is 0 Å². The molecule has 3 rings (SSSR count). The van der Waals surface area contributed by atoms with Crippen LogP contribution in [0.3, 0.4) is 0 Å². The molecule has 5 heteroatoms. The predicted molar refractivity (Wildman–Crippen MR) is 124 cm³/mol. The maximum absolute atomic E-state index is 13.0. The van der Waals surface area contributed by atoms with Crippen LogP contribution in [0.4, 0.5) is 0 Å². The molecule has 1 heterocycles. The summed E-state index contributed by atoms with van der Waals surface area (Å²) in [6.45, 7) is 7.00. The first kappa shape index (κ1) is 23.0. The number of hydrogen-bond acceptors (Lipinski definition) is 3. The zero-order valence-electron chi connectivity index (χ0n) is 19.0. The normalized spacial score (nSPS) is 15.8. The van der Waals surface area contributed by atoms with Crippen LogP contribution in [0.2, 0.25) is 0 Å². The lowest BCUT2D eigenvalue weighted by Gasteiger charge is -2.36. The SMILES string of the molecule is CC(C)CC(=O)N1Cc2ccccc2CC1C(=O)NCCCN(C)Cc1ccccc1. The molecule has 0 fully saturated rings. The summed E-state index contributed by atoms with van der Waals surface area (Å²) in [5, 5.41) is 3.08. The quantitative estimate of drug-likeness (QED) is 0.629. The second-order valence-corrected chi connectivity index (χ2v) is 8.98. The van der Waals surface area contributed by atoms with Crippen LogP contribution in [-0.4, -0.2) is 47.8 Å². The predicted octanol–water partition coefficient (Wildman–Crippen LogP) is 3.62. The van der Waals surface area contributed by atoms with Crippen molar-refractivity contribution in [1.29, 1.82) is 0 Å². The number of benzene rings is 2. The van der Waals surface area contributed by atoms with E-state index in [2.05, 4.69) is 53.7 Å². The number of amides is 2. The van der Waals surface area contributed by atoms with Gasteiger partial charge in [-0.3, -0.25) is 9.59 Å². The first-order chi connectivity index (χ1) is 14.9. The fourth-order valence-electron chi connectivity index (χ4n) is 4.14. The molecule has 0 saturated heterocycles. The highest BCUT2D eigenvalue weighted by molar-refractivity contribution is 5.88. The summed E-state index contributed by atoms with van der Waals surface area (Å²) in [6, 6.07) is 18.1. The Bertz CT molecular complexity index is 866. The number of nitrogens with one attached hydrogen (secondary N) is 1. The summed E-state index contributed by atoms with van der Waals surface area (Å²) in [5.74, 6) is 0.290. The molecule has 31 heavy (non-hydrogen) atoms. The molecule has 2 aromatic rings. The molecule has 1 N–H and O–H groups in total. The molecular formula is C26H35N3O2. The van der Waals surface area contributed by atoms with Gasteiger partial charge in [0.05, 0.1) is 0 Å². The molecular weight excluding hydrogens is 386 g/mol. The molecule has 0 radical (unpaired) electrons. The smallest absolute Gasteiger partial charge is 0.243 e. The molecule has 166 valence electrons. The van der Waals surface area contributed by atoms with E-state index in [4.69, 9.17) is 0 Å². The van der Waals surface area contributed by atoms with Gasteiger partial charge in [0, 0.05) is 32.5 Å². The molecule has 1 unspecified atom stereocenters. The third kappa shape index (κ3) is 6.66. The summed E-state index contributed by atoms with van der Waals surface area (Å²) in [5.41, 5.74) is 3.60. The number of carbonyl (C=O) groups is 2. The lowest BCUT2D eigenvalue weighted by Crippen LogP contribution is -2.53. The Kier molecular flexibility index (Phi) is 8.24. The molecule has 1 aliphatic rings. The zero-order chi connectivity index (χ0) is 22.2. The topological polar surface area (TPSA) is 52.7 Å². The van der Waals surface area contributed by atoms with E-state index < -0.39 is 6.04 Å². The van der Waals surface area contributed by atoms with E-state index in [-0.39, 0.29) is 17.7 Å². The van der Waals surface area contributed by atoms with Gasteiger partial charge >= 0.3 is 0 Å². The summed E-state index contributed by atoms with van der Waals surface area (Å²) in [6.07, 6.45) is 1.92. The minimum Gasteiger partial charge on any atom is -0.354 e. The average Bonchev–Trinajstić information content (AvgIpc) is 2.76. The van der Waals surface area contributed by atoms with Crippen LogP contribution in [-0.2, 0) is 29.1 Å². The Hall–Kier alpha value is -2.66. The van der Waals surface area contributed by atoms with Crippen LogP contribution in [0.25, 0.3) is 0 Å². The number of hydrogen-bond donors (Lipinski definition) is 1. The molecule has 1 atom stereocenters. The van der Waals surface area contributed by atoms with Gasteiger partial charge in [-0.25, -0.2) is 0 Å². The van der Waals surface area contributed by atoms with E-state index in [1.165, 1.54) is 11.1 Å². The maximum Gasteiger partial charge on any atom is 0.243 e. The molecule has 0 bridgehead atoms. The van der Waals surface area contributed by atoms with Gasteiger partial charge in [-0.15, -0.1) is 0 Å². The molecule has 0 aromatic heterocycles. The summed E-state index contributed by atoms with van der Waals surface area (Å²) >= 11 is 0. The van der Waals surface area contributed by atoms with Gasteiger partial charge in [0.15, 0.2) is 0 Å². The van der Waals surface area contributed by atoms with Gasteiger partial charge in [0.25, 0.3) is 0 Å². The summed E-state index contributed by atoms with van der Waals surface area (Å²) in [7, 11) is 2.10. The minimum absolute atomic E-state index is 0.0441. The van der Waals surface area contributed by atoms with Crippen LogP contribution in [0, 0.1) is 5.92 Å². The van der Waals surface area contributed by atoms with Crippen molar-refractivity contribution in [2.24, 2.45) is 5.92 Å². The molecule has 1 aliphatic heterocycles. The van der Waals surface area contributed by atoms with Crippen molar-refractivity contribution in [3.63, 3.8) is 0 Å². The highest BCUT2D eigenvalue weighted by Crippen LogP contribution is 2.25. The van der Waals surface area contributed by atoms with E-state index in [9.17, 15) is 9.59 Å². The lowest BCUT2D eigenvalue weighted by molar-refractivity contribution is -0.142. The van der Waals surface area contributed by atoms with E-state index in [1.54, 1.807) is 4.90 Å². The van der Waals surface area contributed by atoms with Gasteiger partial charge in [0.1, 0.15) is 6.04 Å². The average molecular weight is 422 g/mol. The van der Waals surface area contributed by atoms with Crippen molar-refractivity contribution in [3.05, 3.63) is 71.3 Å². The van der Waals surface area contributed by atoms with Crippen LogP contribution >= 0.6 is 0 Å². The first-order valence-electron chi connectivity index (χ1n) is 11.3. The third-order valence-electron chi connectivity index (χ3n) is 5.77. The maximum atomic E-state index is 13.0.